The number of amides is 2. The first-order chi connectivity index (χ1) is 30.9. The van der Waals surface area contributed by atoms with Gasteiger partial charge < -0.3 is 10.6 Å². The van der Waals surface area contributed by atoms with Gasteiger partial charge >= 0.3 is 0 Å². The maximum Gasteiger partial charge on any atom is 0.263 e. The zero-order chi connectivity index (χ0) is 44.2. The van der Waals surface area contributed by atoms with Crippen molar-refractivity contribution in [2.75, 3.05) is 20.1 Å². The molecule has 2 aliphatic carbocycles. The highest BCUT2D eigenvalue weighted by atomic mass is 32.2. The van der Waals surface area contributed by atoms with Gasteiger partial charge in [0.2, 0.25) is 17.5 Å². The molecule has 2 amide bonds. The van der Waals surface area contributed by atoms with Gasteiger partial charge in [-0.05, 0) is 109 Å². The number of thiophene rings is 1. The number of rotatable bonds is 13. The van der Waals surface area contributed by atoms with Gasteiger partial charge in [-0.2, -0.15) is 4.57 Å². The average Bonchev–Trinajstić information content (AvgIpc) is 4.23. The van der Waals surface area contributed by atoms with Gasteiger partial charge in [0.1, 0.15) is 23.7 Å². The number of pyridine rings is 5. The van der Waals surface area contributed by atoms with E-state index in [0.29, 0.717) is 29.9 Å². The largest absolute Gasteiger partial charge is 0.317 e. The van der Waals surface area contributed by atoms with Crippen LogP contribution in [0.2, 0.25) is 0 Å². The standard InChI is InChI=1S/C46H37N9O6S3/c1-27-23-47-25-40-34(27)22-44(62-40)52-46(57)38-21-36(38)29-7-13-33(14-8-29)64(60,61)54-42-16-10-31(24-49-42)55-19-17-39-30(26-55)9-15-43(50-39)51-45(56)37-20-35(37)28-5-11-32(12-6-28)63(58,59)53-41-4-2-3-18-48-41/h2-19,22-26,35-38H,20-21H2,1H3,(H3,47,48,49,52,53,54,57)/p+1. The zero-order valence-corrected chi connectivity index (χ0v) is 36.4. The van der Waals surface area contributed by atoms with Crippen molar-refractivity contribution >= 4 is 86.6 Å². The summed E-state index contributed by atoms with van der Waals surface area (Å²) in [6, 6.07) is 28.8. The van der Waals surface area contributed by atoms with Crippen molar-refractivity contribution in [2.24, 2.45) is 11.8 Å². The van der Waals surface area contributed by atoms with Gasteiger partial charge in [0, 0.05) is 47.9 Å². The van der Waals surface area contributed by atoms with Crippen LogP contribution in [0.3, 0.4) is 0 Å². The van der Waals surface area contributed by atoms with Crippen molar-refractivity contribution in [1.82, 2.24) is 19.9 Å². The summed E-state index contributed by atoms with van der Waals surface area (Å²) in [5.41, 5.74) is 4.17. The normalized spacial score (nSPS) is 18.0. The summed E-state index contributed by atoms with van der Waals surface area (Å²) in [6.07, 6.45) is 11.6. The number of fused-ring (bicyclic) bond motifs is 2. The first kappa shape index (κ1) is 40.9. The van der Waals surface area contributed by atoms with Crippen LogP contribution in [0.25, 0.3) is 26.7 Å². The molecule has 6 aromatic heterocycles. The zero-order valence-electron chi connectivity index (χ0n) is 33.9. The number of hydrogen-bond donors (Lipinski definition) is 4. The van der Waals surface area contributed by atoms with Crippen LogP contribution < -0.4 is 24.6 Å². The Morgan fingerprint density at radius 2 is 1.33 bits per heavy atom. The number of aryl methyl sites for hydroxylation is 1. The fourth-order valence-corrected chi connectivity index (χ4v) is 10.8. The number of hydrogen-bond acceptors (Lipinski definition) is 11. The highest BCUT2D eigenvalue weighted by Gasteiger charge is 2.45. The van der Waals surface area contributed by atoms with Crippen molar-refractivity contribution in [1.29, 1.82) is 0 Å². The van der Waals surface area contributed by atoms with Gasteiger partial charge in [-0.3, -0.25) is 24.0 Å². The maximum atomic E-state index is 13.3. The summed E-state index contributed by atoms with van der Waals surface area (Å²) < 4.78 is 60.0. The molecule has 6 heterocycles. The molecule has 8 aromatic rings. The van der Waals surface area contributed by atoms with Crippen molar-refractivity contribution in [2.45, 2.75) is 41.4 Å². The Kier molecular flexibility index (Phi) is 10.3. The molecule has 0 radical (unpaired) electrons. The van der Waals surface area contributed by atoms with Crippen LogP contribution in [0, 0.1) is 18.8 Å². The minimum Gasteiger partial charge on any atom is -0.317 e. The molecule has 2 aliphatic rings. The Hall–Kier alpha value is -7.15. The summed E-state index contributed by atoms with van der Waals surface area (Å²) in [5.74, 6) is 0.0934. The lowest BCUT2D eigenvalue weighted by molar-refractivity contribution is -0.594. The molecule has 4 N–H and O–H groups in total. The first-order valence-electron chi connectivity index (χ1n) is 20.3. The minimum atomic E-state index is -3.94. The third-order valence-corrected chi connectivity index (χ3v) is 15.2. The number of benzene rings is 2. The van der Waals surface area contributed by atoms with E-state index < -0.39 is 20.0 Å². The highest BCUT2D eigenvalue weighted by Crippen LogP contribution is 2.49. The maximum absolute atomic E-state index is 13.3. The molecule has 10 rings (SSSR count). The van der Waals surface area contributed by atoms with Crippen LogP contribution in [-0.4, -0.2) is 48.6 Å². The van der Waals surface area contributed by atoms with E-state index in [4.69, 9.17) is 0 Å². The second kappa shape index (κ2) is 16.2. The predicted octanol–water partition coefficient (Wildman–Crippen LogP) is 7.31. The number of sulfonamides is 2. The van der Waals surface area contributed by atoms with Gasteiger partial charge in [-0.25, -0.2) is 31.8 Å². The van der Waals surface area contributed by atoms with Gasteiger partial charge in [0.25, 0.3) is 20.0 Å². The first-order valence-corrected chi connectivity index (χ1v) is 24.1. The van der Waals surface area contributed by atoms with Gasteiger partial charge in [-0.15, -0.1) is 11.3 Å². The van der Waals surface area contributed by atoms with E-state index in [1.807, 2.05) is 35.9 Å². The minimum absolute atomic E-state index is 0.0144. The monoisotopic (exact) mass is 908 g/mol. The van der Waals surface area contributed by atoms with E-state index in [0.717, 1.165) is 37.2 Å². The van der Waals surface area contributed by atoms with Crippen LogP contribution in [0.1, 0.15) is 41.4 Å². The highest BCUT2D eigenvalue weighted by molar-refractivity contribution is 7.93. The second-order valence-corrected chi connectivity index (χ2v) is 20.3. The summed E-state index contributed by atoms with van der Waals surface area (Å²) in [4.78, 5) is 43.6. The van der Waals surface area contributed by atoms with Gasteiger partial charge in [0.05, 0.1) is 30.4 Å². The third kappa shape index (κ3) is 8.49. The van der Waals surface area contributed by atoms with Crippen LogP contribution in [0.15, 0.2) is 150 Å². The van der Waals surface area contributed by atoms with Crippen molar-refractivity contribution < 1.29 is 31.0 Å². The van der Waals surface area contributed by atoms with Crippen LogP contribution in [0.5, 0.6) is 0 Å². The average molecular weight is 909 g/mol. The topological polar surface area (TPSA) is 206 Å². The molecule has 0 spiro atoms. The molecule has 2 aromatic carbocycles. The van der Waals surface area contributed by atoms with E-state index in [-0.39, 0.29) is 56.9 Å². The van der Waals surface area contributed by atoms with Crippen molar-refractivity contribution in [3.8, 4) is 5.69 Å². The Morgan fingerprint density at radius 1 is 0.688 bits per heavy atom. The van der Waals surface area contributed by atoms with Gasteiger partial charge in [0.15, 0.2) is 12.4 Å². The Morgan fingerprint density at radius 3 is 1.94 bits per heavy atom. The smallest absolute Gasteiger partial charge is 0.263 e. The fraction of sp³-hybridized carbons (Fsp3) is 0.152. The number of nitrogens with one attached hydrogen (secondary N) is 4. The van der Waals surface area contributed by atoms with Crippen molar-refractivity contribution in [3.05, 3.63) is 157 Å². The third-order valence-electron chi connectivity index (χ3n) is 11.5. The lowest BCUT2D eigenvalue weighted by Gasteiger charge is -2.09. The molecule has 18 heteroatoms. The molecule has 0 bridgehead atoms. The van der Waals surface area contributed by atoms with E-state index >= 15 is 0 Å². The van der Waals surface area contributed by atoms with E-state index in [2.05, 4.69) is 40.0 Å². The summed E-state index contributed by atoms with van der Waals surface area (Å²) in [5, 5.41) is 8.61. The quantitative estimate of drug-likeness (QED) is 0.0849. The number of aromatic nitrogens is 5. The molecule has 320 valence electrons. The molecule has 4 unspecified atom stereocenters. The summed E-state index contributed by atoms with van der Waals surface area (Å²) >= 11 is 1.49. The lowest BCUT2D eigenvalue weighted by atomic mass is 10.1. The predicted molar refractivity (Wildman–Crippen MR) is 243 cm³/mol. The lowest BCUT2D eigenvalue weighted by Crippen LogP contribution is -2.29. The van der Waals surface area contributed by atoms with Crippen LogP contribution in [0.4, 0.5) is 22.5 Å². The number of anilines is 4. The molecular formula is C46H38N9O6S3+. The number of nitrogens with zero attached hydrogens (tertiary/aromatic N) is 5. The number of carbonyl (C=O) groups is 2. The Balaban J connectivity index is 0.721. The molecule has 0 saturated heterocycles. The molecule has 2 fully saturated rings. The van der Waals surface area contributed by atoms with E-state index in [1.165, 1.54) is 29.7 Å². The van der Waals surface area contributed by atoms with Gasteiger partial charge in [-0.1, -0.05) is 30.3 Å². The number of carbonyl (C=O) groups excluding carboxylic acids is 2. The molecule has 0 aliphatic heterocycles. The fourth-order valence-electron chi connectivity index (χ4n) is 7.80. The molecular weight excluding hydrogens is 871 g/mol. The summed E-state index contributed by atoms with van der Waals surface area (Å²) in [6.45, 7) is 1.99. The molecule has 64 heavy (non-hydrogen) atoms. The Bertz CT molecular complexity index is 3330. The molecule has 4 atom stereocenters. The van der Waals surface area contributed by atoms with Crippen molar-refractivity contribution in [3.63, 3.8) is 0 Å². The molecule has 15 nitrogen and oxygen atoms in total. The van der Waals surface area contributed by atoms with Crippen LogP contribution >= 0.6 is 11.3 Å². The second-order valence-electron chi connectivity index (χ2n) is 15.8. The summed E-state index contributed by atoms with van der Waals surface area (Å²) in [7, 11) is -7.75. The molecule has 2 saturated carbocycles. The van der Waals surface area contributed by atoms with E-state index in [9.17, 15) is 26.4 Å². The Labute approximate surface area is 371 Å². The van der Waals surface area contributed by atoms with Crippen LogP contribution in [-0.2, 0) is 29.6 Å². The van der Waals surface area contributed by atoms with E-state index in [1.54, 1.807) is 97.6 Å². The SMILES string of the molecule is Cc1cncc2sc(NC(=O)C3CC3c3ccc(S(=O)(=O)Nc4ccc(-[n+]5ccc6nc(NC(=O)C7CC7c7ccc(S(=O)(=O)Nc8ccccn8)cc7)ccc6c5)cn4)cc3)cc12.